The number of H-pyrrole nitrogens is 1. The molecule has 2 aromatic heterocycles. The molecule has 3 rings (SSSR count). The average Bonchev–Trinajstić information content (AvgIpc) is 3.12. The van der Waals surface area contributed by atoms with E-state index in [0.717, 1.165) is 16.9 Å². The van der Waals surface area contributed by atoms with Gasteiger partial charge in [0.1, 0.15) is 12.7 Å². The summed E-state index contributed by atoms with van der Waals surface area (Å²) >= 11 is 0. The molecular weight excluding hydrogens is 268 g/mol. The topological polar surface area (TPSA) is 88.5 Å². The number of nitrogens with zero attached hydrogens (tertiary/aromatic N) is 4. The molecule has 1 aromatic carbocycles. The maximum absolute atomic E-state index is 12.0. The largest absolute Gasteiger partial charge is 0.322 e. The molecule has 0 saturated carbocycles. The molecule has 0 atom stereocenters. The van der Waals surface area contributed by atoms with E-state index in [-0.39, 0.29) is 5.91 Å². The number of aryl methyl sites for hydroxylation is 1. The van der Waals surface area contributed by atoms with Crippen LogP contribution in [0.25, 0.3) is 0 Å². The Morgan fingerprint density at radius 2 is 2.14 bits per heavy atom. The van der Waals surface area contributed by atoms with Gasteiger partial charge in [-0.25, -0.2) is 9.67 Å². The van der Waals surface area contributed by atoms with Gasteiger partial charge in [-0.2, -0.15) is 10.2 Å². The Morgan fingerprint density at radius 1 is 1.33 bits per heavy atom. The van der Waals surface area contributed by atoms with E-state index in [0.29, 0.717) is 12.1 Å². The molecule has 0 saturated heterocycles. The van der Waals surface area contributed by atoms with Crippen molar-refractivity contribution in [3.05, 3.63) is 59.9 Å². The summed E-state index contributed by atoms with van der Waals surface area (Å²) in [6.45, 7) is 2.46. The summed E-state index contributed by atoms with van der Waals surface area (Å²) in [4.78, 5) is 15.9. The van der Waals surface area contributed by atoms with E-state index in [2.05, 4.69) is 25.6 Å². The second kappa shape index (κ2) is 5.58. The molecule has 2 N–H and O–H groups in total. The predicted octanol–water partition coefficient (Wildman–Crippen LogP) is 1.61. The summed E-state index contributed by atoms with van der Waals surface area (Å²) in [5.41, 5.74) is 3.11. The molecule has 1 amide bonds. The SMILES string of the molecule is Cc1[nH]ncc1C(=O)Nc1ccc(Cn2cncn2)cc1. The Kier molecular flexibility index (Phi) is 3.46. The minimum atomic E-state index is -0.176. The fourth-order valence-corrected chi connectivity index (χ4v) is 1.97. The molecule has 21 heavy (non-hydrogen) atoms. The molecular formula is C14H14N6O. The lowest BCUT2D eigenvalue weighted by Crippen LogP contribution is -2.12. The molecule has 0 fully saturated rings. The van der Waals surface area contributed by atoms with Crippen LogP contribution in [0.15, 0.2) is 43.1 Å². The van der Waals surface area contributed by atoms with Crippen LogP contribution in [0.1, 0.15) is 21.6 Å². The Hall–Kier alpha value is -2.96. The highest BCUT2D eigenvalue weighted by Gasteiger charge is 2.10. The van der Waals surface area contributed by atoms with Crippen LogP contribution in [-0.2, 0) is 6.54 Å². The number of rotatable bonds is 4. The number of benzene rings is 1. The highest BCUT2D eigenvalue weighted by molar-refractivity contribution is 6.04. The third-order valence-electron chi connectivity index (χ3n) is 3.10. The first kappa shape index (κ1) is 13.0. The Labute approximate surface area is 121 Å². The van der Waals surface area contributed by atoms with E-state index in [1.165, 1.54) is 12.5 Å². The summed E-state index contributed by atoms with van der Waals surface area (Å²) in [6, 6.07) is 7.61. The second-order valence-corrected chi connectivity index (χ2v) is 4.65. The summed E-state index contributed by atoms with van der Waals surface area (Å²) in [5, 5.41) is 13.5. The number of carbonyl (C=O) groups is 1. The normalized spacial score (nSPS) is 10.5. The molecule has 3 aromatic rings. The van der Waals surface area contributed by atoms with E-state index in [4.69, 9.17) is 0 Å². The van der Waals surface area contributed by atoms with Crippen molar-refractivity contribution in [1.29, 1.82) is 0 Å². The van der Waals surface area contributed by atoms with Gasteiger partial charge in [-0.1, -0.05) is 12.1 Å². The molecule has 0 spiro atoms. The number of anilines is 1. The molecule has 7 heteroatoms. The third-order valence-corrected chi connectivity index (χ3v) is 3.10. The van der Waals surface area contributed by atoms with Crippen LogP contribution in [0.3, 0.4) is 0 Å². The third kappa shape index (κ3) is 2.97. The van der Waals surface area contributed by atoms with Gasteiger partial charge in [-0.15, -0.1) is 0 Å². The fraction of sp³-hybridized carbons (Fsp3) is 0.143. The van der Waals surface area contributed by atoms with Gasteiger partial charge in [0.15, 0.2) is 0 Å². The van der Waals surface area contributed by atoms with Crippen LogP contribution >= 0.6 is 0 Å². The molecule has 0 aliphatic heterocycles. The molecule has 2 heterocycles. The van der Waals surface area contributed by atoms with Gasteiger partial charge in [-0.3, -0.25) is 9.89 Å². The first-order valence-corrected chi connectivity index (χ1v) is 6.45. The Bertz CT molecular complexity index is 729. The zero-order valence-corrected chi connectivity index (χ0v) is 11.4. The smallest absolute Gasteiger partial charge is 0.259 e. The van der Waals surface area contributed by atoms with Gasteiger partial charge in [0.2, 0.25) is 0 Å². The van der Waals surface area contributed by atoms with Gasteiger partial charge < -0.3 is 5.32 Å². The number of amides is 1. The van der Waals surface area contributed by atoms with E-state index in [1.54, 1.807) is 11.0 Å². The van der Waals surface area contributed by atoms with Crippen molar-refractivity contribution < 1.29 is 4.79 Å². The lowest BCUT2D eigenvalue weighted by Gasteiger charge is -2.06. The van der Waals surface area contributed by atoms with E-state index in [9.17, 15) is 4.79 Å². The number of carbonyl (C=O) groups excluding carboxylic acids is 1. The van der Waals surface area contributed by atoms with Crippen LogP contribution in [0.5, 0.6) is 0 Å². The van der Waals surface area contributed by atoms with Gasteiger partial charge in [0.25, 0.3) is 5.91 Å². The van der Waals surface area contributed by atoms with Crippen molar-refractivity contribution in [2.75, 3.05) is 5.32 Å². The van der Waals surface area contributed by atoms with Crippen LogP contribution in [0, 0.1) is 6.92 Å². The van der Waals surface area contributed by atoms with E-state index >= 15 is 0 Å². The summed E-state index contributed by atoms with van der Waals surface area (Å²) in [6.07, 6.45) is 4.68. The van der Waals surface area contributed by atoms with Crippen molar-refractivity contribution in [3.8, 4) is 0 Å². The number of nitrogens with one attached hydrogen (secondary N) is 2. The zero-order valence-electron chi connectivity index (χ0n) is 11.4. The standard InChI is InChI=1S/C14H14N6O/c1-10-13(6-16-19-10)14(21)18-12-4-2-11(3-5-12)7-20-9-15-8-17-20/h2-6,8-9H,7H2,1H3,(H,16,19)(H,18,21). The predicted molar refractivity (Wildman–Crippen MR) is 76.8 cm³/mol. The van der Waals surface area contributed by atoms with Crippen LogP contribution in [0.2, 0.25) is 0 Å². The maximum Gasteiger partial charge on any atom is 0.259 e. The van der Waals surface area contributed by atoms with Crippen molar-refractivity contribution >= 4 is 11.6 Å². The first-order valence-electron chi connectivity index (χ1n) is 6.45. The second-order valence-electron chi connectivity index (χ2n) is 4.65. The number of hydrogen-bond donors (Lipinski definition) is 2. The van der Waals surface area contributed by atoms with Crippen LogP contribution in [-0.4, -0.2) is 30.9 Å². The van der Waals surface area contributed by atoms with Gasteiger partial charge in [0, 0.05) is 11.4 Å². The van der Waals surface area contributed by atoms with E-state index < -0.39 is 0 Å². The summed E-state index contributed by atoms with van der Waals surface area (Å²) in [7, 11) is 0. The van der Waals surface area contributed by atoms with E-state index in [1.807, 2.05) is 31.2 Å². The minimum Gasteiger partial charge on any atom is -0.322 e. The lowest BCUT2D eigenvalue weighted by molar-refractivity contribution is 0.102. The van der Waals surface area contributed by atoms with Crippen molar-refractivity contribution in [1.82, 2.24) is 25.0 Å². The monoisotopic (exact) mass is 282 g/mol. The fourth-order valence-electron chi connectivity index (χ4n) is 1.97. The average molecular weight is 282 g/mol. The number of aromatic amines is 1. The zero-order chi connectivity index (χ0) is 14.7. The van der Waals surface area contributed by atoms with Crippen LogP contribution < -0.4 is 5.32 Å². The van der Waals surface area contributed by atoms with Crippen molar-refractivity contribution in [3.63, 3.8) is 0 Å². The maximum atomic E-state index is 12.0. The molecule has 7 nitrogen and oxygen atoms in total. The van der Waals surface area contributed by atoms with Crippen molar-refractivity contribution in [2.24, 2.45) is 0 Å². The number of aromatic nitrogens is 5. The highest BCUT2D eigenvalue weighted by Crippen LogP contribution is 2.13. The molecule has 106 valence electrons. The van der Waals surface area contributed by atoms with Crippen LogP contribution in [0.4, 0.5) is 5.69 Å². The highest BCUT2D eigenvalue weighted by atomic mass is 16.1. The van der Waals surface area contributed by atoms with Gasteiger partial charge >= 0.3 is 0 Å². The molecule has 0 unspecified atom stereocenters. The molecule has 0 bridgehead atoms. The Balaban J connectivity index is 1.67. The lowest BCUT2D eigenvalue weighted by atomic mass is 10.2. The van der Waals surface area contributed by atoms with Gasteiger partial charge in [-0.05, 0) is 24.6 Å². The quantitative estimate of drug-likeness (QED) is 0.761. The number of hydrogen-bond acceptors (Lipinski definition) is 4. The van der Waals surface area contributed by atoms with Crippen molar-refractivity contribution in [2.45, 2.75) is 13.5 Å². The first-order chi connectivity index (χ1) is 10.2. The minimum absolute atomic E-state index is 0.176. The summed E-state index contributed by atoms with van der Waals surface area (Å²) < 4.78 is 1.74. The van der Waals surface area contributed by atoms with Gasteiger partial charge in [0.05, 0.1) is 18.3 Å². The Morgan fingerprint density at radius 3 is 2.76 bits per heavy atom. The molecule has 0 aliphatic carbocycles. The summed E-state index contributed by atoms with van der Waals surface area (Å²) in [5.74, 6) is -0.176. The molecule has 0 aliphatic rings. The molecule has 0 radical (unpaired) electrons.